The first-order chi connectivity index (χ1) is 12.7. The molecule has 0 bridgehead atoms. The van der Waals surface area contributed by atoms with Gasteiger partial charge in [0.15, 0.2) is 0 Å². The van der Waals surface area contributed by atoms with E-state index < -0.39 is 0 Å². The monoisotopic (exact) mass is 356 g/mol. The number of aromatic nitrogens is 4. The molecule has 0 aliphatic carbocycles. The number of nitrogens with one attached hydrogen (secondary N) is 1. The van der Waals surface area contributed by atoms with Crippen LogP contribution in [-0.2, 0) is 13.6 Å². The molecular formula is C19H28N6O. The average Bonchev–Trinajstić information content (AvgIpc) is 3.33. The highest BCUT2D eigenvalue weighted by molar-refractivity contribution is 5.92. The Morgan fingerprint density at radius 3 is 2.81 bits per heavy atom. The van der Waals surface area contributed by atoms with Crippen molar-refractivity contribution in [1.82, 2.24) is 29.5 Å². The van der Waals surface area contributed by atoms with E-state index in [1.165, 1.54) is 19.3 Å². The fourth-order valence-electron chi connectivity index (χ4n) is 4.19. The molecule has 2 aromatic heterocycles. The van der Waals surface area contributed by atoms with Crippen molar-refractivity contribution in [1.29, 1.82) is 0 Å². The Hall–Kier alpha value is -2.15. The zero-order valence-electron chi connectivity index (χ0n) is 15.5. The zero-order chi connectivity index (χ0) is 17.9. The first-order valence-corrected chi connectivity index (χ1v) is 9.75. The summed E-state index contributed by atoms with van der Waals surface area (Å²) in [6.07, 6.45) is 7.76. The van der Waals surface area contributed by atoms with Gasteiger partial charge >= 0.3 is 0 Å². The molecule has 0 unspecified atom stereocenters. The van der Waals surface area contributed by atoms with Crippen LogP contribution in [0.5, 0.6) is 0 Å². The second-order valence-corrected chi connectivity index (χ2v) is 7.54. The Morgan fingerprint density at radius 1 is 1.19 bits per heavy atom. The Balaban J connectivity index is 1.44. The lowest BCUT2D eigenvalue weighted by Gasteiger charge is -2.32. The molecule has 2 aliphatic rings. The van der Waals surface area contributed by atoms with Crippen LogP contribution in [-0.4, -0.2) is 61.6 Å². The lowest BCUT2D eigenvalue weighted by molar-refractivity contribution is 0.0698. The largest absolute Gasteiger partial charge is 0.357 e. The summed E-state index contributed by atoms with van der Waals surface area (Å²) in [6.45, 7) is 4.72. The summed E-state index contributed by atoms with van der Waals surface area (Å²) in [5, 5.41) is 8.97. The average molecular weight is 356 g/mol. The van der Waals surface area contributed by atoms with Crippen molar-refractivity contribution in [3.63, 3.8) is 0 Å². The molecule has 2 aliphatic heterocycles. The normalized spacial score (nSPS) is 21.9. The van der Waals surface area contributed by atoms with Crippen LogP contribution in [0.4, 0.5) is 0 Å². The first-order valence-electron chi connectivity index (χ1n) is 9.75. The van der Waals surface area contributed by atoms with E-state index in [-0.39, 0.29) is 11.8 Å². The van der Waals surface area contributed by atoms with E-state index in [9.17, 15) is 4.79 Å². The highest BCUT2D eigenvalue weighted by atomic mass is 16.2. The highest BCUT2D eigenvalue weighted by Crippen LogP contribution is 2.27. The number of nitrogens with zero attached hydrogens (tertiary/aromatic N) is 5. The number of amides is 1. The summed E-state index contributed by atoms with van der Waals surface area (Å²) in [6, 6.07) is 3.70. The van der Waals surface area contributed by atoms with E-state index in [1.807, 2.05) is 17.0 Å². The maximum atomic E-state index is 12.6. The van der Waals surface area contributed by atoms with E-state index in [0.717, 1.165) is 50.7 Å². The summed E-state index contributed by atoms with van der Waals surface area (Å²) in [5.41, 5.74) is 0.661. The molecule has 2 fully saturated rings. The van der Waals surface area contributed by atoms with Gasteiger partial charge in [-0.1, -0.05) is 6.42 Å². The molecule has 1 amide bonds. The van der Waals surface area contributed by atoms with Gasteiger partial charge in [0.1, 0.15) is 17.3 Å². The fraction of sp³-hybridized carbons (Fsp3) is 0.632. The van der Waals surface area contributed by atoms with Gasteiger partial charge in [-0.3, -0.25) is 9.69 Å². The van der Waals surface area contributed by atoms with Crippen molar-refractivity contribution >= 4 is 5.91 Å². The number of hydrogen-bond donors (Lipinski definition) is 1. The van der Waals surface area contributed by atoms with Crippen LogP contribution < -0.4 is 0 Å². The summed E-state index contributed by atoms with van der Waals surface area (Å²) in [4.78, 5) is 20.1. The number of H-pyrrole nitrogens is 1. The van der Waals surface area contributed by atoms with Crippen LogP contribution in [0.25, 0.3) is 0 Å². The van der Waals surface area contributed by atoms with Crippen LogP contribution in [0.15, 0.2) is 18.3 Å². The molecule has 1 N–H and O–H groups in total. The van der Waals surface area contributed by atoms with Crippen molar-refractivity contribution < 1.29 is 4.79 Å². The van der Waals surface area contributed by atoms with Crippen LogP contribution in [0.1, 0.15) is 60.2 Å². The molecule has 0 saturated carbocycles. The zero-order valence-corrected chi connectivity index (χ0v) is 15.5. The second kappa shape index (κ2) is 7.61. The van der Waals surface area contributed by atoms with E-state index in [0.29, 0.717) is 12.2 Å². The van der Waals surface area contributed by atoms with E-state index in [2.05, 4.69) is 31.7 Å². The van der Waals surface area contributed by atoms with E-state index >= 15 is 0 Å². The summed E-state index contributed by atoms with van der Waals surface area (Å²) < 4.78 is 2.15. The third-order valence-electron chi connectivity index (χ3n) is 5.71. The van der Waals surface area contributed by atoms with Gasteiger partial charge in [-0.15, -0.1) is 10.2 Å². The number of piperidine rings is 2. The Kier molecular flexibility index (Phi) is 5.06. The lowest BCUT2D eigenvalue weighted by Crippen LogP contribution is -2.40. The fourth-order valence-corrected chi connectivity index (χ4v) is 4.19. The van der Waals surface area contributed by atoms with Gasteiger partial charge in [-0.2, -0.15) is 0 Å². The standard InChI is InChI=1S/C19H28N6O/c1-23-17(14-24-10-3-2-4-11-24)21-22-18(23)15-7-6-12-25(13-15)19(26)16-8-5-9-20-16/h5,8-9,15,20H,2-4,6-7,10-14H2,1H3/t15-/m0/s1. The Bertz CT molecular complexity index is 731. The molecule has 4 heterocycles. The van der Waals surface area contributed by atoms with Crippen molar-refractivity contribution in [2.24, 2.45) is 7.05 Å². The number of aromatic amines is 1. The molecule has 7 heteroatoms. The van der Waals surface area contributed by atoms with Gasteiger partial charge in [-0.05, 0) is 50.9 Å². The van der Waals surface area contributed by atoms with Crippen LogP contribution >= 0.6 is 0 Å². The number of carbonyl (C=O) groups is 1. The van der Waals surface area contributed by atoms with Gasteiger partial charge in [-0.25, -0.2) is 0 Å². The maximum absolute atomic E-state index is 12.6. The minimum Gasteiger partial charge on any atom is -0.357 e. The Labute approximate surface area is 154 Å². The van der Waals surface area contributed by atoms with Gasteiger partial charge in [0.25, 0.3) is 5.91 Å². The number of likely N-dealkylation sites (tertiary alicyclic amines) is 2. The predicted molar refractivity (Wildman–Crippen MR) is 98.8 cm³/mol. The van der Waals surface area contributed by atoms with E-state index in [1.54, 1.807) is 6.20 Å². The summed E-state index contributed by atoms with van der Waals surface area (Å²) in [5.74, 6) is 2.39. The van der Waals surface area contributed by atoms with Crippen molar-refractivity contribution in [3.05, 3.63) is 35.7 Å². The van der Waals surface area contributed by atoms with Crippen LogP contribution in [0.2, 0.25) is 0 Å². The van der Waals surface area contributed by atoms with Crippen molar-refractivity contribution in [3.8, 4) is 0 Å². The molecule has 0 radical (unpaired) electrons. The highest BCUT2D eigenvalue weighted by Gasteiger charge is 2.29. The minimum atomic E-state index is 0.0791. The van der Waals surface area contributed by atoms with Gasteiger partial charge in [0.2, 0.25) is 0 Å². The van der Waals surface area contributed by atoms with Crippen LogP contribution in [0.3, 0.4) is 0 Å². The second-order valence-electron chi connectivity index (χ2n) is 7.54. The molecule has 2 aromatic rings. The molecule has 140 valence electrons. The maximum Gasteiger partial charge on any atom is 0.270 e. The summed E-state index contributed by atoms with van der Waals surface area (Å²) in [7, 11) is 2.07. The molecule has 7 nitrogen and oxygen atoms in total. The van der Waals surface area contributed by atoms with Gasteiger partial charge in [0, 0.05) is 32.3 Å². The molecule has 2 saturated heterocycles. The first kappa shape index (κ1) is 17.3. The van der Waals surface area contributed by atoms with E-state index in [4.69, 9.17) is 0 Å². The topological polar surface area (TPSA) is 70.1 Å². The van der Waals surface area contributed by atoms with Gasteiger partial charge < -0.3 is 14.5 Å². The Morgan fingerprint density at radius 2 is 2.04 bits per heavy atom. The smallest absolute Gasteiger partial charge is 0.270 e. The molecular weight excluding hydrogens is 328 g/mol. The van der Waals surface area contributed by atoms with Crippen molar-refractivity contribution in [2.45, 2.75) is 44.6 Å². The van der Waals surface area contributed by atoms with Crippen LogP contribution in [0, 0.1) is 0 Å². The number of rotatable bonds is 4. The number of carbonyl (C=O) groups excluding carboxylic acids is 1. The lowest BCUT2D eigenvalue weighted by atomic mass is 9.97. The third-order valence-corrected chi connectivity index (χ3v) is 5.71. The van der Waals surface area contributed by atoms with Crippen molar-refractivity contribution in [2.75, 3.05) is 26.2 Å². The third kappa shape index (κ3) is 3.53. The molecule has 0 aromatic carbocycles. The molecule has 0 spiro atoms. The number of hydrogen-bond acceptors (Lipinski definition) is 4. The predicted octanol–water partition coefficient (Wildman–Crippen LogP) is 2.15. The quantitative estimate of drug-likeness (QED) is 0.911. The SMILES string of the molecule is Cn1c(CN2CCCCC2)nnc1[C@H]1CCCN(C(=O)c2ccc[nH]2)C1. The molecule has 1 atom stereocenters. The molecule has 4 rings (SSSR count). The minimum absolute atomic E-state index is 0.0791. The summed E-state index contributed by atoms with van der Waals surface area (Å²) >= 11 is 0. The van der Waals surface area contributed by atoms with Gasteiger partial charge in [0.05, 0.1) is 6.54 Å². The molecule has 26 heavy (non-hydrogen) atoms.